The normalized spacial score (nSPS) is 14.3. The number of phosphoric ester groups is 1. The number of esters is 1. The number of nitrogens with zero attached hydrogens (tertiary/aromatic N) is 1. The molecule has 0 spiro atoms. The monoisotopic (exact) mass is 1000 g/mol. The Hall–Kier alpha value is -2.55. The van der Waals surface area contributed by atoms with Gasteiger partial charge >= 0.3 is 13.8 Å². The zero-order valence-electron chi connectivity index (χ0n) is 46.2. The van der Waals surface area contributed by atoms with Crippen LogP contribution in [0.1, 0.15) is 245 Å². The highest BCUT2D eigenvalue weighted by Gasteiger charge is 2.30. The summed E-state index contributed by atoms with van der Waals surface area (Å²) >= 11 is 0. The van der Waals surface area contributed by atoms with Crippen molar-refractivity contribution in [2.75, 3.05) is 40.9 Å². The molecule has 10 heteroatoms. The summed E-state index contributed by atoms with van der Waals surface area (Å²) in [5.74, 6) is -0.535. The average molecular weight is 1000 g/mol. The van der Waals surface area contributed by atoms with Gasteiger partial charge in [-0.05, 0) is 83.1 Å². The lowest BCUT2D eigenvalue weighted by Crippen LogP contribution is -2.47. The number of allylic oxidation sites excluding steroid dienone is 11. The third-order valence-corrected chi connectivity index (χ3v) is 13.4. The van der Waals surface area contributed by atoms with Crippen LogP contribution in [-0.4, -0.2) is 74.3 Å². The van der Waals surface area contributed by atoms with Crippen LogP contribution in [0.5, 0.6) is 0 Å². The predicted octanol–water partition coefficient (Wildman–Crippen LogP) is 17.3. The highest BCUT2D eigenvalue weighted by molar-refractivity contribution is 7.47. The van der Waals surface area contributed by atoms with Gasteiger partial charge in [-0.15, -0.1) is 0 Å². The van der Waals surface area contributed by atoms with Gasteiger partial charge in [-0.3, -0.25) is 18.6 Å². The van der Waals surface area contributed by atoms with E-state index in [1.807, 2.05) is 33.3 Å². The highest BCUT2D eigenvalue weighted by Crippen LogP contribution is 2.43. The predicted molar refractivity (Wildman–Crippen MR) is 300 cm³/mol. The Morgan fingerprint density at radius 3 is 1.50 bits per heavy atom. The molecule has 2 N–H and O–H groups in total. The van der Waals surface area contributed by atoms with Crippen LogP contribution in [0.2, 0.25) is 0 Å². The van der Waals surface area contributed by atoms with Crippen molar-refractivity contribution in [3.05, 3.63) is 72.9 Å². The molecule has 0 aliphatic carbocycles. The second-order valence-corrected chi connectivity index (χ2v) is 21.9. The maximum atomic E-state index is 13.5. The van der Waals surface area contributed by atoms with Gasteiger partial charge < -0.3 is 19.4 Å². The quantitative estimate of drug-likeness (QED) is 0.0156. The smallest absolute Gasteiger partial charge is 0.456 e. The van der Waals surface area contributed by atoms with Gasteiger partial charge in [-0.1, -0.05) is 222 Å². The van der Waals surface area contributed by atoms with Crippen molar-refractivity contribution in [1.29, 1.82) is 0 Å². The molecular formula is C60H110N2O7P+. The molecule has 9 nitrogen and oxygen atoms in total. The standard InChI is InChI=1S/C60H109N2O7P/c1-7-10-13-16-19-22-25-28-29-30-31-32-33-35-38-41-44-47-50-53-60(64)69-58(51-48-45-42-39-36-27-24-21-18-15-12-9-3)57(56-68-70(65,66)67-55-54-62(4,5)6)61-59(63)52-49-46-43-40-37-34-26-23-20-17-14-11-8-2/h11,14,17,19-20,22-23,26,28-29,48,51,57-58H,7-10,12-13,15-16,18,21,24-25,27,30-47,49-50,52-56H2,1-6H3,(H-,61,63,65,66)/p+1/b14-11+,20-17+,22-19-,26-23-,29-28-,51-48-. The fourth-order valence-corrected chi connectivity index (χ4v) is 8.71. The Bertz CT molecular complexity index is 1430. The van der Waals surface area contributed by atoms with Crippen molar-refractivity contribution in [3.8, 4) is 0 Å². The molecule has 0 fully saturated rings. The molecule has 0 rings (SSSR count). The number of rotatable bonds is 51. The number of amides is 1. The molecule has 0 aromatic rings. The summed E-state index contributed by atoms with van der Waals surface area (Å²) in [5.41, 5.74) is 0. The maximum Gasteiger partial charge on any atom is 0.472 e. The van der Waals surface area contributed by atoms with E-state index in [0.717, 1.165) is 89.9 Å². The number of phosphoric acid groups is 1. The molecule has 0 radical (unpaired) electrons. The molecule has 1 amide bonds. The lowest BCUT2D eigenvalue weighted by Gasteiger charge is -2.27. The van der Waals surface area contributed by atoms with Gasteiger partial charge in [0.2, 0.25) is 5.91 Å². The van der Waals surface area contributed by atoms with Crippen LogP contribution in [0, 0.1) is 0 Å². The minimum atomic E-state index is -4.45. The van der Waals surface area contributed by atoms with Gasteiger partial charge in [-0.2, -0.15) is 0 Å². The third kappa shape index (κ3) is 50.4. The lowest BCUT2D eigenvalue weighted by atomic mass is 10.0. The molecule has 3 unspecified atom stereocenters. The van der Waals surface area contributed by atoms with Crippen LogP contribution >= 0.6 is 7.82 Å². The average Bonchev–Trinajstić information content (AvgIpc) is 3.32. The minimum Gasteiger partial charge on any atom is -0.456 e. The molecule has 0 saturated carbocycles. The summed E-state index contributed by atoms with van der Waals surface area (Å²) in [4.78, 5) is 37.6. The van der Waals surface area contributed by atoms with Crippen LogP contribution in [0.4, 0.5) is 0 Å². The number of likely N-dealkylation sites (N-methyl/N-ethyl adjacent to an activating group) is 1. The second kappa shape index (κ2) is 50.0. The van der Waals surface area contributed by atoms with Crippen molar-refractivity contribution in [2.45, 2.75) is 258 Å². The molecule has 0 aliphatic heterocycles. The summed E-state index contributed by atoms with van der Waals surface area (Å²) < 4.78 is 30.6. The van der Waals surface area contributed by atoms with Crippen molar-refractivity contribution in [1.82, 2.24) is 5.32 Å². The molecule has 0 aromatic heterocycles. The van der Waals surface area contributed by atoms with Gasteiger partial charge in [0, 0.05) is 12.8 Å². The first-order valence-electron chi connectivity index (χ1n) is 28.8. The summed E-state index contributed by atoms with van der Waals surface area (Å²) in [5, 5.41) is 3.03. The zero-order chi connectivity index (χ0) is 51.5. The van der Waals surface area contributed by atoms with E-state index in [-0.39, 0.29) is 31.5 Å². The first-order chi connectivity index (χ1) is 33.9. The lowest BCUT2D eigenvalue weighted by molar-refractivity contribution is -0.870. The van der Waals surface area contributed by atoms with Crippen LogP contribution < -0.4 is 5.32 Å². The Morgan fingerprint density at radius 2 is 0.971 bits per heavy atom. The third-order valence-electron chi connectivity index (χ3n) is 12.4. The van der Waals surface area contributed by atoms with E-state index in [2.05, 4.69) is 86.8 Å². The zero-order valence-corrected chi connectivity index (χ0v) is 47.1. The number of carbonyl (C=O) groups is 2. The second-order valence-electron chi connectivity index (χ2n) is 20.5. The Morgan fingerprint density at radius 1 is 0.529 bits per heavy atom. The van der Waals surface area contributed by atoms with Crippen LogP contribution in [0.3, 0.4) is 0 Å². The molecule has 0 saturated heterocycles. The number of hydrogen-bond acceptors (Lipinski definition) is 6. The molecule has 0 aliphatic rings. The molecule has 0 aromatic carbocycles. The largest absolute Gasteiger partial charge is 0.472 e. The fraction of sp³-hybridized carbons (Fsp3) is 0.767. The van der Waals surface area contributed by atoms with Crippen LogP contribution in [0.15, 0.2) is 72.9 Å². The Labute approximate surface area is 432 Å². The van der Waals surface area contributed by atoms with Crippen molar-refractivity contribution < 1.29 is 37.3 Å². The van der Waals surface area contributed by atoms with Gasteiger partial charge in [0.15, 0.2) is 0 Å². The number of ether oxygens (including phenoxy) is 1. The van der Waals surface area contributed by atoms with Gasteiger partial charge in [0.1, 0.15) is 19.3 Å². The first kappa shape index (κ1) is 67.5. The van der Waals surface area contributed by atoms with E-state index < -0.39 is 20.0 Å². The summed E-state index contributed by atoms with van der Waals surface area (Å²) in [6, 6.07) is -0.862. The number of carbonyl (C=O) groups excluding carboxylic acids is 2. The molecule has 406 valence electrons. The van der Waals surface area contributed by atoms with E-state index in [4.69, 9.17) is 13.8 Å². The topological polar surface area (TPSA) is 111 Å². The molecule has 70 heavy (non-hydrogen) atoms. The summed E-state index contributed by atoms with van der Waals surface area (Å²) in [6.45, 7) is 6.83. The number of quaternary nitrogens is 1. The summed E-state index contributed by atoms with van der Waals surface area (Å²) in [6.07, 6.45) is 63.2. The van der Waals surface area contributed by atoms with E-state index >= 15 is 0 Å². The van der Waals surface area contributed by atoms with E-state index in [1.54, 1.807) is 0 Å². The first-order valence-corrected chi connectivity index (χ1v) is 30.3. The van der Waals surface area contributed by atoms with Gasteiger partial charge in [0.05, 0.1) is 33.8 Å². The van der Waals surface area contributed by atoms with Crippen molar-refractivity contribution >= 4 is 19.7 Å². The fourth-order valence-electron chi connectivity index (χ4n) is 7.97. The number of hydrogen-bond donors (Lipinski definition) is 2. The maximum absolute atomic E-state index is 13.5. The van der Waals surface area contributed by atoms with E-state index in [9.17, 15) is 19.0 Å². The van der Waals surface area contributed by atoms with E-state index in [1.165, 1.54) is 122 Å². The molecule has 0 heterocycles. The number of nitrogens with one attached hydrogen (secondary N) is 1. The SMILES string of the molecule is CC/C=C/C=C/C=C\CCCCCCCC(=O)NC(COP(=O)(O)OCC[N+](C)(C)C)C(/C=C\CCCCCCCCCCCC)OC(=O)CCCCCCCCCCC/C=C\C/C=C\CCCCC. The molecule has 0 bridgehead atoms. The highest BCUT2D eigenvalue weighted by atomic mass is 31.2. The minimum absolute atomic E-state index is 0.0328. The van der Waals surface area contributed by atoms with Gasteiger partial charge in [-0.25, -0.2) is 4.57 Å². The van der Waals surface area contributed by atoms with Crippen LogP contribution in [0.25, 0.3) is 0 Å². The Kier molecular flexibility index (Phi) is 48.2. The van der Waals surface area contributed by atoms with Gasteiger partial charge in [0.25, 0.3) is 0 Å². The summed E-state index contributed by atoms with van der Waals surface area (Å²) in [7, 11) is 1.47. The van der Waals surface area contributed by atoms with Crippen molar-refractivity contribution in [3.63, 3.8) is 0 Å². The Balaban J connectivity index is 5.33. The van der Waals surface area contributed by atoms with Crippen LogP contribution in [-0.2, 0) is 27.9 Å². The van der Waals surface area contributed by atoms with E-state index in [0.29, 0.717) is 17.4 Å². The van der Waals surface area contributed by atoms with Crippen molar-refractivity contribution in [2.24, 2.45) is 0 Å². The molecular weight excluding hydrogens is 892 g/mol. The molecule has 3 atom stereocenters. The number of unbranched alkanes of at least 4 members (excludes halogenated alkanes) is 27.